The van der Waals surface area contributed by atoms with Gasteiger partial charge in [-0.05, 0) is 26.2 Å². The molecule has 0 aliphatic rings. The molecule has 1 heteroatoms. The average molecular weight is 157 g/mol. The zero-order valence-corrected chi connectivity index (χ0v) is 8.65. The Morgan fingerprint density at radius 3 is 1.91 bits per heavy atom. The first kappa shape index (κ1) is 11.0. The molecule has 0 spiro atoms. The average Bonchev–Trinajstić information content (AvgIpc) is 2.02. The molecule has 0 heterocycles. The van der Waals surface area contributed by atoms with Crippen LogP contribution >= 0.6 is 0 Å². The minimum absolute atomic E-state index is 0.662. The van der Waals surface area contributed by atoms with Gasteiger partial charge in [-0.15, -0.1) is 0 Å². The summed E-state index contributed by atoms with van der Waals surface area (Å²) < 4.78 is 0. The van der Waals surface area contributed by atoms with Gasteiger partial charge in [-0.1, -0.05) is 27.2 Å². The molecule has 0 saturated heterocycles. The van der Waals surface area contributed by atoms with Gasteiger partial charge in [-0.3, -0.25) is 0 Å². The highest BCUT2D eigenvalue weighted by atomic mass is 14.9. The largest absolute Gasteiger partial charge is 0.312 e. The topological polar surface area (TPSA) is 12.0 Å². The van der Waals surface area contributed by atoms with Crippen molar-refractivity contribution in [3.63, 3.8) is 0 Å². The van der Waals surface area contributed by atoms with E-state index in [2.05, 4.69) is 39.9 Å². The van der Waals surface area contributed by atoms with E-state index < -0.39 is 0 Å². The Balaban J connectivity index is 3.58. The Labute approximate surface area is 71.6 Å². The van der Waals surface area contributed by atoms with Crippen LogP contribution in [0.1, 0.15) is 47.5 Å². The van der Waals surface area contributed by atoms with Crippen molar-refractivity contribution < 1.29 is 0 Å². The number of hydrogen-bond acceptors (Lipinski definition) is 1. The third-order valence-electron chi connectivity index (χ3n) is 2.66. The predicted octanol–water partition coefficient (Wildman–Crippen LogP) is 2.81. The molecule has 3 unspecified atom stereocenters. The molecule has 0 radical (unpaired) electrons. The number of hydrogen-bond donors (Lipinski definition) is 1. The lowest BCUT2D eigenvalue weighted by molar-refractivity contribution is 0.352. The lowest BCUT2D eigenvalue weighted by Gasteiger charge is -2.23. The number of nitrogens with one attached hydrogen (secondary N) is 1. The highest BCUT2D eigenvalue weighted by Gasteiger charge is 2.10. The summed E-state index contributed by atoms with van der Waals surface area (Å²) in [5.41, 5.74) is 0. The summed E-state index contributed by atoms with van der Waals surface area (Å²) in [5.74, 6) is 0.795. The van der Waals surface area contributed by atoms with E-state index in [0.717, 1.165) is 5.92 Å². The lowest BCUT2D eigenvalue weighted by atomic mass is 10.00. The second kappa shape index (κ2) is 5.59. The van der Waals surface area contributed by atoms with Gasteiger partial charge in [-0.25, -0.2) is 0 Å². The Bertz CT molecular complexity index is 90.9. The quantitative estimate of drug-likeness (QED) is 0.647. The van der Waals surface area contributed by atoms with E-state index in [-0.39, 0.29) is 0 Å². The van der Waals surface area contributed by atoms with Crippen molar-refractivity contribution in [3.8, 4) is 0 Å². The molecule has 0 bridgehead atoms. The van der Waals surface area contributed by atoms with E-state index in [0.29, 0.717) is 12.1 Å². The second-order valence-electron chi connectivity index (χ2n) is 3.65. The summed E-state index contributed by atoms with van der Waals surface area (Å²) in [5, 5.41) is 3.58. The molecule has 1 nitrogen and oxygen atoms in total. The Morgan fingerprint density at radius 1 is 1.00 bits per heavy atom. The Hall–Kier alpha value is -0.0400. The normalized spacial score (nSPS) is 19.4. The monoisotopic (exact) mass is 157 g/mol. The first-order chi connectivity index (χ1) is 5.11. The van der Waals surface area contributed by atoms with Crippen molar-refractivity contribution in [1.29, 1.82) is 0 Å². The van der Waals surface area contributed by atoms with Crippen LogP contribution in [-0.4, -0.2) is 12.1 Å². The van der Waals surface area contributed by atoms with Crippen LogP contribution in [0, 0.1) is 5.92 Å². The highest BCUT2D eigenvalue weighted by molar-refractivity contribution is 4.70. The minimum atomic E-state index is 0.662. The maximum atomic E-state index is 3.58. The van der Waals surface area contributed by atoms with Gasteiger partial charge in [0.25, 0.3) is 0 Å². The highest BCUT2D eigenvalue weighted by Crippen LogP contribution is 2.07. The SMILES string of the molecule is CCC(C)NC(C)C(C)CC. The summed E-state index contributed by atoms with van der Waals surface area (Å²) in [6.45, 7) is 11.3. The lowest BCUT2D eigenvalue weighted by Crippen LogP contribution is -2.38. The fourth-order valence-electron chi connectivity index (χ4n) is 1.08. The molecule has 0 aliphatic heterocycles. The maximum absolute atomic E-state index is 3.58. The van der Waals surface area contributed by atoms with Crippen LogP contribution in [0.15, 0.2) is 0 Å². The third kappa shape index (κ3) is 4.41. The Kier molecular flexibility index (Phi) is 5.57. The zero-order chi connectivity index (χ0) is 8.85. The van der Waals surface area contributed by atoms with Gasteiger partial charge in [0.05, 0.1) is 0 Å². The molecule has 68 valence electrons. The summed E-state index contributed by atoms with van der Waals surface area (Å²) >= 11 is 0. The first-order valence-electron chi connectivity index (χ1n) is 4.87. The van der Waals surface area contributed by atoms with E-state index in [1.54, 1.807) is 0 Å². The van der Waals surface area contributed by atoms with Crippen LogP contribution in [0.3, 0.4) is 0 Å². The molecule has 0 amide bonds. The molecule has 0 aromatic heterocycles. The third-order valence-corrected chi connectivity index (χ3v) is 2.66. The van der Waals surface area contributed by atoms with Gasteiger partial charge in [0.2, 0.25) is 0 Å². The van der Waals surface area contributed by atoms with Gasteiger partial charge >= 0.3 is 0 Å². The molecule has 0 rings (SSSR count). The van der Waals surface area contributed by atoms with Crippen molar-refractivity contribution in [2.24, 2.45) is 5.92 Å². The van der Waals surface area contributed by atoms with Gasteiger partial charge in [0.15, 0.2) is 0 Å². The fraction of sp³-hybridized carbons (Fsp3) is 1.00. The van der Waals surface area contributed by atoms with Crippen LogP contribution < -0.4 is 5.32 Å². The molecule has 0 aromatic rings. The maximum Gasteiger partial charge on any atom is 0.00667 e. The fourth-order valence-corrected chi connectivity index (χ4v) is 1.08. The van der Waals surface area contributed by atoms with E-state index >= 15 is 0 Å². The summed E-state index contributed by atoms with van der Waals surface area (Å²) in [6, 6.07) is 1.33. The van der Waals surface area contributed by atoms with Gasteiger partial charge < -0.3 is 5.32 Å². The van der Waals surface area contributed by atoms with Crippen LogP contribution in [0.25, 0.3) is 0 Å². The molecule has 0 saturated carbocycles. The zero-order valence-electron chi connectivity index (χ0n) is 8.65. The molecule has 11 heavy (non-hydrogen) atoms. The van der Waals surface area contributed by atoms with E-state index in [9.17, 15) is 0 Å². The molecule has 0 fully saturated rings. The molecular formula is C10H23N. The van der Waals surface area contributed by atoms with E-state index in [4.69, 9.17) is 0 Å². The standard InChI is InChI=1S/C10H23N/c1-6-8(3)10(5)11-9(4)7-2/h8-11H,6-7H2,1-5H3. The number of rotatable bonds is 5. The first-order valence-corrected chi connectivity index (χ1v) is 4.87. The van der Waals surface area contributed by atoms with E-state index in [1.807, 2.05) is 0 Å². The van der Waals surface area contributed by atoms with Crippen LogP contribution in [0.4, 0.5) is 0 Å². The summed E-state index contributed by atoms with van der Waals surface area (Å²) in [4.78, 5) is 0. The molecule has 3 atom stereocenters. The van der Waals surface area contributed by atoms with Crippen LogP contribution in [0.2, 0.25) is 0 Å². The predicted molar refractivity (Wildman–Crippen MR) is 51.8 cm³/mol. The molecular weight excluding hydrogens is 134 g/mol. The van der Waals surface area contributed by atoms with Crippen molar-refractivity contribution in [1.82, 2.24) is 5.32 Å². The molecule has 1 N–H and O–H groups in total. The van der Waals surface area contributed by atoms with Gasteiger partial charge in [-0.2, -0.15) is 0 Å². The smallest absolute Gasteiger partial charge is 0.00667 e. The summed E-state index contributed by atoms with van der Waals surface area (Å²) in [7, 11) is 0. The van der Waals surface area contributed by atoms with Crippen molar-refractivity contribution in [2.75, 3.05) is 0 Å². The van der Waals surface area contributed by atoms with Gasteiger partial charge in [0, 0.05) is 12.1 Å². The minimum Gasteiger partial charge on any atom is -0.312 e. The van der Waals surface area contributed by atoms with Crippen LogP contribution in [-0.2, 0) is 0 Å². The van der Waals surface area contributed by atoms with Crippen molar-refractivity contribution >= 4 is 0 Å². The summed E-state index contributed by atoms with van der Waals surface area (Å²) in [6.07, 6.45) is 2.49. The molecule has 0 aromatic carbocycles. The van der Waals surface area contributed by atoms with Crippen molar-refractivity contribution in [2.45, 2.75) is 59.5 Å². The van der Waals surface area contributed by atoms with E-state index in [1.165, 1.54) is 12.8 Å². The van der Waals surface area contributed by atoms with Crippen molar-refractivity contribution in [3.05, 3.63) is 0 Å². The second-order valence-corrected chi connectivity index (χ2v) is 3.65. The Morgan fingerprint density at radius 2 is 1.55 bits per heavy atom. The van der Waals surface area contributed by atoms with Gasteiger partial charge in [0.1, 0.15) is 0 Å². The molecule has 0 aliphatic carbocycles. The van der Waals surface area contributed by atoms with Crippen LogP contribution in [0.5, 0.6) is 0 Å².